The molecule has 5 nitrogen and oxygen atoms in total. The number of nitrogens with zero attached hydrogens (tertiary/aromatic N) is 3. The number of hydrogen-bond donors (Lipinski definition) is 2. The molecule has 2 rings (SSSR count). The van der Waals surface area contributed by atoms with Crippen molar-refractivity contribution >= 4 is 5.96 Å². The summed E-state index contributed by atoms with van der Waals surface area (Å²) in [6.45, 7) is 2.73. The third-order valence-corrected chi connectivity index (χ3v) is 3.52. The zero-order valence-corrected chi connectivity index (χ0v) is 14.6. The van der Waals surface area contributed by atoms with Crippen LogP contribution in [0.15, 0.2) is 35.5 Å². The summed E-state index contributed by atoms with van der Waals surface area (Å²) in [5.41, 5.74) is -0.110. The molecule has 0 fully saturated rings. The number of halogens is 4. The zero-order chi connectivity index (χ0) is 19.2. The minimum Gasteiger partial charge on any atom is -0.357 e. The molecule has 0 bridgehead atoms. The van der Waals surface area contributed by atoms with Crippen molar-refractivity contribution in [3.63, 3.8) is 0 Å². The van der Waals surface area contributed by atoms with Gasteiger partial charge >= 0.3 is 6.18 Å². The van der Waals surface area contributed by atoms with Crippen molar-refractivity contribution in [1.29, 1.82) is 0 Å². The van der Waals surface area contributed by atoms with Gasteiger partial charge in [0.2, 0.25) is 0 Å². The molecule has 0 saturated carbocycles. The third-order valence-electron chi connectivity index (χ3n) is 3.52. The second-order valence-electron chi connectivity index (χ2n) is 5.68. The van der Waals surface area contributed by atoms with Crippen LogP contribution in [-0.4, -0.2) is 28.8 Å². The first-order chi connectivity index (χ1) is 12.3. The molecule has 26 heavy (non-hydrogen) atoms. The van der Waals surface area contributed by atoms with E-state index in [4.69, 9.17) is 0 Å². The second kappa shape index (κ2) is 8.68. The average molecular weight is 371 g/mol. The van der Waals surface area contributed by atoms with Gasteiger partial charge in [0.15, 0.2) is 11.7 Å². The Hall–Kier alpha value is -2.58. The first kappa shape index (κ1) is 19.7. The minimum absolute atomic E-state index is 0.00216. The predicted octanol–water partition coefficient (Wildman–Crippen LogP) is 2.88. The van der Waals surface area contributed by atoms with Crippen LogP contribution in [0.4, 0.5) is 17.6 Å². The average Bonchev–Trinajstić information content (AvgIpc) is 2.94. The maximum Gasteiger partial charge on any atom is 0.435 e. The number of aromatic nitrogens is 2. The monoisotopic (exact) mass is 371 g/mol. The molecule has 0 unspecified atom stereocenters. The highest BCUT2D eigenvalue weighted by molar-refractivity contribution is 5.79. The van der Waals surface area contributed by atoms with E-state index in [0.717, 1.165) is 10.2 Å². The lowest BCUT2D eigenvalue weighted by atomic mass is 10.1. The van der Waals surface area contributed by atoms with Crippen LogP contribution in [0, 0.1) is 5.82 Å². The highest BCUT2D eigenvalue weighted by atomic mass is 19.4. The summed E-state index contributed by atoms with van der Waals surface area (Å²) in [5, 5.41) is 9.47. The van der Waals surface area contributed by atoms with Crippen LogP contribution in [-0.2, 0) is 26.2 Å². The fourth-order valence-corrected chi connectivity index (χ4v) is 2.42. The Labute approximate surface area is 149 Å². The first-order valence-electron chi connectivity index (χ1n) is 8.16. The molecule has 0 radical (unpaired) electrons. The summed E-state index contributed by atoms with van der Waals surface area (Å²) in [6.07, 6.45) is -2.65. The summed E-state index contributed by atoms with van der Waals surface area (Å²) in [7, 11) is 1.44. The van der Waals surface area contributed by atoms with Gasteiger partial charge in [-0.2, -0.15) is 18.3 Å². The van der Waals surface area contributed by atoms with Crippen molar-refractivity contribution in [2.24, 2.45) is 12.0 Å². The Morgan fingerprint density at radius 2 is 2.04 bits per heavy atom. The normalized spacial score (nSPS) is 12.3. The fraction of sp³-hybridized carbons (Fsp3) is 0.412. The van der Waals surface area contributed by atoms with Gasteiger partial charge in [0, 0.05) is 31.9 Å². The molecule has 0 aliphatic rings. The molecule has 0 atom stereocenters. The van der Waals surface area contributed by atoms with E-state index in [1.165, 1.54) is 25.4 Å². The van der Waals surface area contributed by atoms with E-state index in [2.05, 4.69) is 20.7 Å². The molecular formula is C17H21F4N5. The van der Waals surface area contributed by atoms with Crippen LogP contribution in [0.2, 0.25) is 0 Å². The van der Waals surface area contributed by atoms with E-state index >= 15 is 0 Å². The molecular weight excluding hydrogens is 350 g/mol. The maximum absolute atomic E-state index is 13.2. The van der Waals surface area contributed by atoms with Crippen LogP contribution in [0.3, 0.4) is 0 Å². The van der Waals surface area contributed by atoms with Gasteiger partial charge in [-0.15, -0.1) is 0 Å². The predicted molar refractivity (Wildman–Crippen MR) is 91.1 cm³/mol. The standard InChI is InChI=1S/C17H21F4N5/c1-3-22-16(23-8-7-12-5-4-6-14(18)9-12)24-10-13-11-26(2)25-15(13)17(19,20)21/h4-6,9,11H,3,7-8,10H2,1-2H3,(H2,22,23,24). The number of nitrogens with one attached hydrogen (secondary N) is 2. The van der Waals surface area contributed by atoms with Gasteiger partial charge in [0.05, 0.1) is 6.54 Å². The summed E-state index contributed by atoms with van der Waals surface area (Å²) < 4.78 is 53.2. The molecule has 1 aromatic carbocycles. The summed E-state index contributed by atoms with van der Waals surface area (Å²) in [5.74, 6) is 0.0835. The number of rotatable bonds is 6. The van der Waals surface area contributed by atoms with Gasteiger partial charge in [-0.1, -0.05) is 12.1 Å². The highest BCUT2D eigenvalue weighted by Gasteiger charge is 2.36. The summed E-state index contributed by atoms with van der Waals surface area (Å²) in [4.78, 5) is 4.19. The Morgan fingerprint density at radius 3 is 2.69 bits per heavy atom. The van der Waals surface area contributed by atoms with Crippen LogP contribution in [0.25, 0.3) is 0 Å². The SMILES string of the molecule is CCNC(=NCc1cn(C)nc1C(F)(F)F)NCCc1cccc(F)c1. The molecule has 2 aromatic rings. The Balaban J connectivity index is 2.00. The van der Waals surface area contributed by atoms with Crippen LogP contribution < -0.4 is 10.6 Å². The lowest BCUT2D eigenvalue weighted by molar-refractivity contribution is -0.142. The molecule has 0 aliphatic carbocycles. The van der Waals surface area contributed by atoms with Gasteiger partial charge in [0.1, 0.15) is 5.82 Å². The molecule has 142 valence electrons. The number of hydrogen-bond acceptors (Lipinski definition) is 2. The largest absolute Gasteiger partial charge is 0.435 e. The third kappa shape index (κ3) is 5.75. The molecule has 1 aromatic heterocycles. The van der Waals surface area contributed by atoms with E-state index in [1.807, 2.05) is 6.92 Å². The van der Waals surface area contributed by atoms with E-state index in [1.54, 1.807) is 12.1 Å². The number of guanidine groups is 1. The number of aryl methyl sites for hydroxylation is 1. The molecule has 9 heteroatoms. The van der Waals surface area contributed by atoms with Crippen LogP contribution in [0.1, 0.15) is 23.7 Å². The molecule has 0 aliphatic heterocycles. The van der Waals surface area contributed by atoms with E-state index < -0.39 is 11.9 Å². The van der Waals surface area contributed by atoms with Crippen molar-refractivity contribution in [1.82, 2.24) is 20.4 Å². The minimum atomic E-state index is -4.52. The first-order valence-corrected chi connectivity index (χ1v) is 8.16. The lowest BCUT2D eigenvalue weighted by Gasteiger charge is -2.11. The van der Waals surface area contributed by atoms with Crippen molar-refractivity contribution in [3.05, 3.63) is 53.1 Å². The van der Waals surface area contributed by atoms with Crippen LogP contribution >= 0.6 is 0 Å². The number of alkyl halides is 3. The summed E-state index contributed by atoms with van der Waals surface area (Å²) >= 11 is 0. The number of aliphatic imine (C=N–C) groups is 1. The van der Waals surface area contributed by atoms with Gasteiger partial charge < -0.3 is 10.6 Å². The quantitative estimate of drug-likeness (QED) is 0.466. The molecule has 1 heterocycles. The highest BCUT2D eigenvalue weighted by Crippen LogP contribution is 2.30. The Kier molecular flexibility index (Phi) is 6.59. The van der Waals surface area contributed by atoms with Gasteiger partial charge in [-0.3, -0.25) is 4.68 Å². The topological polar surface area (TPSA) is 54.2 Å². The van der Waals surface area contributed by atoms with Crippen molar-refractivity contribution < 1.29 is 17.6 Å². The van der Waals surface area contributed by atoms with E-state index in [9.17, 15) is 17.6 Å². The lowest BCUT2D eigenvalue weighted by Crippen LogP contribution is -2.38. The van der Waals surface area contributed by atoms with Crippen molar-refractivity contribution in [3.8, 4) is 0 Å². The van der Waals surface area contributed by atoms with Gasteiger partial charge in [0.25, 0.3) is 0 Å². The fourth-order valence-electron chi connectivity index (χ4n) is 2.42. The van der Waals surface area contributed by atoms with Gasteiger partial charge in [-0.05, 0) is 31.0 Å². The molecule has 0 spiro atoms. The molecule has 2 N–H and O–H groups in total. The Bertz CT molecular complexity index is 752. The van der Waals surface area contributed by atoms with Crippen molar-refractivity contribution in [2.75, 3.05) is 13.1 Å². The number of benzene rings is 1. The van der Waals surface area contributed by atoms with E-state index in [-0.39, 0.29) is 17.9 Å². The van der Waals surface area contributed by atoms with E-state index in [0.29, 0.717) is 25.5 Å². The maximum atomic E-state index is 13.2. The second-order valence-corrected chi connectivity index (χ2v) is 5.68. The summed E-state index contributed by atoms with van der Waals surface area (Å²) in [6, 6.07) is 6.25. The van der Waals surface area contributed by atoms with Crippen LogP contribution in [0.5, 0.6) is 0 Å². The zero-order valence-electron chi connectivity index (χ0n) is 14.6. The smallest absolute Gasteiger partial charge is 0.357 e. The molecule has 0 amide bonds. The molecule has 0 saturated heterocycles. The Morgan fingerprint density at radius 1 is 1.27 bits per heavy atom. The van der Waals surface area contributed by atoms with Crippen molar-refractivity contribution in [2.45, 2.75) is 26.1 Å². The van der Waals surface area contributed by atoms with Gasteiger partial charge in [-0.25, -0.2) is 9.38 Å².